The van der Waals surface area contributed by atoms with Gasteiger partial charge in [0.25, 0.3) is 0 Å². The molecule has 0 aliphatic heterocycles. The Morgan fingerprint density at radius 2 is 2.22 bits per heavy atom. The van der Waals surface area contributed by atoms with Crippen LogP contribution in [-0.2, 0) is 12.8 Å². The lowest BCUT2D eigenvalue weighted by molar-refractivity contribution is 0.507. The van der Waals surface area contributed by atoms with Crippen LogP contribution in [0.1, 0.15) is 36.2 Å². The summed E-state index contributed by atoms with van der Waals surface area (Å²) in [4.78, 5) is 9.10. The monoisotopic (exact) mass is 334 g/mol. The molecule has 2 N–H and O–H groups in total. The fraction of sp³-hybridized carbons (Fsp3) is 0.529. The number of furan rings is 1. The summed E-state index contributed by atoms with van der Waals surface area (Å²) in [6.45, 7) is 6.64. The van der Waals surface area contributed by atoms with Crippen LogP contribution in [0, 0.1) is 6.92 Å². The van der Waals surface area contributed by atoms with Gasteiger partial charge in [-0.2, -0.15) is 0 Å². The molecule has 23 heavy (non-hydrogen) atoms. The molecular weight excluding hydrogens is 308 g/mol. The molecule has 5 nitrogen and oxygen atoms in total. The Balaban J connectivity index is 1.64. The summed E-state index contributed by atoms with van der Waals surface area (Å²) < 4.78 is 5.33. The van der Waals surface area contributed by atoms with Gasteiger partial charge in [0, 0.05) is 37.1 Å². The van der Waals surface area contributed by atoms with Gasteiger partial charge in [-0.15, -0.1) is 11.3 Å². The van der Waals surface area contributed by atoms with Crippen molar-refractivity contribution in [3.8, 4) is 0 Å². The maximum atomic E-state index is 5.33. The van der Waals surface area contributed by atoms with Crippen molar-refractivity contribution in [3.05, 3.63) is 40.2 Å². The van der Waals surface area contributed by atoms with E-state index < -0.39 is 0 Å². The molecule has 0 atom stereocenters. The third-order valence-corrected chi connectivity index (χ3v) is 4.35. The lowest BCUT2D eigenvalue weighted by Crippen LogP contribution is -2.38. The van der Waals surface area contributed by atoms with E-state index in [-0.39, 0.29) is 0 Å². The minimum absolute atomic E-state index is 0.817. The normalized spacial score (nSPS) is 11.7. The summed E-state index contributed by atoms with van der Waals surface area (Å²) >= 11 is 1.75. The lowest BCUT2D eigenvalue weighted by atomic mass is 10.2. The number of thiazole rings is 1. The molecule has 0 aromatic carbocycles. The molecule has 0 aliphatic rings. The Kier molecular flexibility index (Phi) is 7.66. The molecule has 2 aromatic heterocycles. The van der Waals surface area contributed by atoms with Gasteiger partial charge in [0.1, 0.15) is 5.76 Å². The topological polar surface area (TPSA) is 62.5 Å². The molecule has 0 saturated heterocycles. The maximum absolute atomic E-state index is 5.33. The number of unbranched alkanes of at least 4 members (excludes halogenated alkanes) is 1. The molecule has 0 amide bonds. The SMILES string of the molecule is CCNC(=NCCCCc1nc(C)cs1)NCCc1ccco1. The summed E-state index contributed by atoms with van der Waals surface area (Å²) in [5.74, 6) is 1.87. The zero-order valence-electron chi connectivity index (χ0n) is 14.0. The summed E-state index contributed by atoms with van der Waals surface area (Å²) in [6, 6.07) is 3.91. The average Bonchev–Trinajstić information content (AvgIpc) is 3.18. The molecule has 0 bridgehead atoms. The van der Waals surface area contributed by atoms with Crippen LogP contribution in [0.4, 0.5) is 0 Å². The molecular formula is C17H26N4OS. The Bertz CT molecular complexity index is 577. The molecule has 2 aromatic rings. The summed E-state index contributed by atoms with van der Waals surface area (Å²) in [5, 5.41) is 9.95. The van der Waals surface area contributed by atoms with E-state index in [1.54, 1.807) is 17.6 Å². The van der Waals surface area contributed by atoms with Gasteiger partial charge in [-0.25, -0.2) is 4.98 Å². The zero-order valence-corrected chi connectivity index (χ0v) is 14.8. The number of aliphatic imine (C=N–C) groups is 1. The van der Waals surface area contributed by atoms with Gasteiger partial charge in [-0.3, -0.25) is 4.99 Å². The Hall–Kier alpha value is -1.82. The van der Waals surface area contributed by atoms with Crippen LogP contribution in [-0.4, -0.2) is 30.6 Å². The first-order valence-corrected chi connectivity index (χ1v) is 9.11. The second kappa shape index (κ2) is 10.0. The molecule has 0 aliphatic carbocycles. The predicted molar refractivity (Wildman–Crippen MR) is 96.2 cm³/mol. The number of guanidine groups is 1. The minimum Gasteiger partial charge on any atom is -0.469 e. The smallest absolute Gasteiger partial charge is 0.191 e. The van der Waals surface area contributed by atoms with Crippen LogP contribution in [0.15, 0.2) is 33.2 Å². The van der Waals surface area contributed by atoms with E-state index in [0.29, 0.717) is 0 Å². The number of aromatic nitrogens is 1. The van der Waals surface area contributed by atoms with E-state index in [0.717, 1.165) is 62.7 Å². The van der Waals surface area contributed by atoms with Crippen LogP contribution in [0.25, 0.3) is 0 Å². The number of nitrogens with one attached hydrogen (secondary N) is 2. The number of hydrogen-bond acceptors (Lipinski definition) is 4. The summed E-state index contributed by atoms with van der Waals surface area (Å²) in [7, 11) is 0. The predicted octanol–water partition coefficient (Wildman–Crippen LogP) is 3.17. The number of rotatable bonds is 9. The van der Waals surface area contributed by atoms with E-state index in [1.807, 2.05) is 19.1 Å². The van der Waals surface area contributed by atoms with Gasteiger partial charge in [0.05, 0.1) is 11.3 Å². The van der Waals surface area contributed by atoms with E-state index in [2.05, 4.69) is 32.9 Å². The molecule has 0 radical (unpaired) electrons. The third kappa shape index (κ3) is 6.86. The van der Waals surface area contributed by atoms with Crippen LogP contribution in [0.3, 0.4) is 0 Å². The fourth-order valence-electron chi connectivity index (χ4n) is 2.20. The number of nitrogens with zero attached hydrogens (tertiary/aromatic N) is 2. The Labute approximate surface area is 142 Å². The first-order valence-electron chi connectivity index (χ1n) is 8.23. The van der Waals surface area contributed by atoms with Gasteiger partial charge in [0.15, 0.2) is 5.96 Å². The van der Waals surface area contributed by atoms with Crippen molar-refractivity contribution in [2.45, 2.75) is 39.5 Å². The van der Waals surface area contributed by atoms with Crippen LogP contribution in [0.2, 0.25) is 0 Å². The van der Waals surface area contributed by atoms with Gasteiger partial charge >= 0.3 is 0 Å². The van der Waals surface area contributed by atoms with Crippen LogP contribution >= 0.6 is 11.3 Å². The molecule has 2 rings (SSSR count). The molecule has 0 fully saturated rings. The van der Waals surface area contributed by atoms with Gasteiger partial charge in [-0.1, -0.05) is 0 Å². The molecule has 0 saturated carbocycles. The van der Waals surface area contributed by atoms with Crippen LogP contribution in [0.5, 0.6) is 0 Å². The standard InChI is InChI=1S/C17H26N4OS/c1-3-18-17(20-11-9-15-7-6-12-22-15)19-10-5-4-8-16-21-14(2)13-23-16/h6-7,12-13H,3-5,8-11H2,1-2H3,(H2,18,19,20). The lowest BCUT2D eigenvalue weighted by Gasteiger charge is -2.10. The van der Waals surface area contributed by atoms with Crippen LogP contribution < -0.4 is 10.6 Å². The van der Waals surface area contributed by atoms with Crippen molar-refractivity contribution >= 4 is 17.3 Å². The summed E-state index contributed by atoms with van der Waals surface area (Å²) in [6.07, 6.45) is 5.82. The second-order valence-electron chi connectivity index (χ2n) is 5.36. The number of hydrogen-bond donors (Lipinski definition) is 2. The molecule has 126 valence electrons. The highest BCUT2D eigenvalue weighted by Crippen LogP contribution is 2.11. The van der Waals surface area contributed by atoms with Crippen molar-refractivity contribution in [1.82, 2.24) is 15.6 Å². The van der Waals surface area contributed by atoms with Crippen molar-refractivity contribution in [3.63, 3.8) is 0 Å². The molecule has 6 heteroatoms. The second-order valence-corrected chi connectivity index (χ2v) is 6.30. The largest absolute Gasteiger partial charge is 0.469 e. The summed E-state index contributed by atoms with van der Waals surface area (Å²) in [5.41, 5.74) is 1.12. The first-order chi connectivity index (χ1) is 11.3. The van der Waals surface area contributed by atoms with Crippen molar-refractivity contribution in [1.29, 1.82) is 0 Å². The maximum Gasteiger partial charge on any atom is 0.191 e. The zero-order chi connectivity index (χ0) is 16.3. The van der Waals surface area contributed by atoms with Crippen molar-refractivity contribution < 1.29 is 4.42 Å². The number of aryl methyl sites for hydroxylation is 2. The molecule has 0 unspecified atom stereocenters. The molecule has 0 spiro atoms. The van der Waals surface area contributed by atoms with Gasteiger partial charge < -0.3 is 15.1 Å². The van der Waals surface area contributed by atoms with Gasteiger partial charge in [-0.05, 0) is 45.2 Å². The van der Waals surface area contributed by atoms with E-state index in [9.17, 15) is 0 Å². The minimum atomic E-state index is 0.817. The van der Waals surface area contributed by atoms with E-state index in [1.165, 1.54) is 5.01 Å². The van der Waals surface area contributed by atoms with Crippen molar-refractivity contribution in [2.75, 3.05) is 19.6 Å². The van der Waals surface area contributed by atoms with Crippen molar-refractivity contribution in [2.24, 2.45) is 4.99 Å². The van der Waals surface area contributed by atoms with Gasteiger partial charge in [0.2, 0.25) is 0 Å². The average molecular weight is 334 g/mol. The highest BCUT2D eigenvalue weighted by Gasteiger charge is 2.00. The van der Waals surface area contributed by atoms with E-state index >= 15 is 0 Å². The molecule has 2 heterocycles. The fourth-order valence-corrected chi connectivity index (χ4v) is 3.02. The Morgan fingerprint density at radius 3 is 2.91 bits per heavy atom. The Morgan fingerprint density at radius 1 is 1.30 bits per heavy atom. The third-order valence-electron chi connectivity index (χ3n) is 3.32. The quantitative estimate of drug-likeness (QED) is 0.420. The first kappa shape index (κ1) is 17.5. The van der Waals surface area contributed by atoms with E-state index in [4.69, 9.17) is 4.42 Å². The highest BCUT2D eigenvalue weighted by molar-refractivity contribution is 7.09. The highest BCUT2D eigenvalue weighted by atomic mass is 32.1.